The number of aryl methyl sites for hydroxylation is 1. The number of nitrogens with one attached hydrogen (secondary N) is 2. The number of carbonyl (C=O) groups excluding carboxylic acids is 1. The normalized spacial score (nSPS) is 22.6. The summed E-state index contributed by atoms with van der Waals surface area (Å²) in [5, 5.41) is 0. The van der Waals surface area contributed by atoms with Gasteiger partial charge in [0.15, 0.2) is 5.82 Å². The number of hydrogen-bond acceptors (Lipinski definition) is 6. The monoisotopic (exact) mass is 367 g/mol. The number of hydrogen-bond donors (Lipinski definition) is 2. The van der Waals surface area contributed by atoms with Crippen LogP contribution in [0, 0.1) is 6.92 Å². The molecule has 142 valence electrons. The molecule has 2 aliphatic rings. The highest BCUT2D eigenvalue weighted by atomic mass is 16.5. The number of benzene rings is 1. The Morgan fingerprint density at radius 1 is 1.19 bits per heavy atom. The van der Waals surface area contributed by atoms with Gasteiger partial charge in [0.1, 0.15) is 11.8 Å². The molecule has 2 saturated heterocycles. The number of nitrogens with zero attached hydrogens (tertiary/aromatic N) is 3. The minimum absolute atomic E-state index is 0.105. The second-order valence-electron chi connectivity index (χ2n) is 7.08. The molecule has 0 spiro atoms. The Morgan fingerprint density at radius 3 is 2.81 bits per heavy atom. The highest BCUT2D eigenvalue weighted by Gasteiger charge is 2.35. The first-order valence-electron chi connectivity index (χ1n) is 9.58. The fourth-order valence-electron chi connectivity index (χ4n) is 3.71. The molecule has 2 N–H and O–H groups in total. The maximum Gasteiger partial charge on any atom is 0.241 e. The molecule has 1 aromatic carbocycles. The van der Waals surface area contributed by atoms with Crippen molar-refractivity contribution in [3.63, 3.8) is 0 Å². The standard InChI is InChI=1S/C20H25N5O2/c1-14-13-18(27-15-7-3-2-4-8-15)23-19(22-14)17-9-5-6-12-25(17)20(26)16-10-11-21-24-16/h2-4,7-8,13,16-17,21,24H,5-6,9-12H2,1H3. The van der Waals surface area contributed by atoms with Crippen molar-refractivity contribution in [1.82, 2.24) is 25.7 Å². The first-order chi connectivity index (χ1) is 13.2. The van der Waals surface area contributed by atoms with E-state index >= 15 is 0 Å². The van der Waals surface area contributed by atoms with Crippen LogP contribution in [0.2, 0.25) is 0 Å². The van der Waals surface area contributed by atoms with E-state index in [1.807, 2.05) is 48.2 Å². The van der Waals surface area contributed by atoms with Crippen molar-refractivity contribution in [3.05, 3.63) is 47.9 Å². The summed E-state index contributed by atoms with van der Waals surface area (Å²) < 4.78 is 5.91. The molecule has 2 unspecified atom stereocenters. The van der Waals surface area contributed by atoms with Gasteiger partial charge in [-0.15, -0.1) is 0 Å². The number of carbonyl (C=O) groups is 1. The van der Waals surface area contributed by atoms with Gasteiger partial charge in [-0.05, 0) is 44.7 Å². The molecular weight excluding hydrogens is 342 g/mol. The first-order valence-corrected chi connectivity index (χ1v) is 9.58. The summed E-state index contributed by atoms with van der Waals surface area (Å²) in [7, 11) is 0. The quantitative estimate of drug-likeness (QED) is 0.864. The SMILES string of the molecule is Cc1cc(Oc2ccccc2)nc(C2CCCCN2C(=O)C2CCNN2)n1. The average Bonchev–Trinajstić information content (AvgIpc) is 3.22. The molecule has 0 aliphatic carbocycles. The summed E-state index contributed by atoms with van der Waals surface area (Å²) in [6.07, 6.45) is 3.76. The van der Waals surface area contributed by atoms with Crippen LogP contribution in [0.25, 0.3) is 0 Å². The molecule has 0 saturated carbocycles. The topological polar surface area (TPSA) is 79.4 Å². The van der Waals surface area contributed by atoms with Gasteiger partial charge in [-0.3, -0.25) is 10.2 Å². The van der Waals surface area contributed by atoms with Gasteiger partial charge in [0.2, 0.25) is 11.8 Å². The van der Waals surface area contributed by atoms with Crippen LogP contribution in [-0.4, -0.2) is 39.9 Å². The summed E-state index contributed by atoms with van der Waals surface area (Å²) in [5.74, 6) is 2.04. The molecule has 2 aliphatic heterocycles. The maximum absolute atomic E-state index is 13.0. The van der Waals surface area contributed by atoms with Crippen LogP contribution < -0.4 is 15.6 Å². The lowest BCUT2D eigenvalue weighted by atomic mass is 9.99. The summed E-state index contributed by atoms with van der Waals surface area (Å²) in [4.78, 5) is 24.2. The fraction of sp³-hybridized carbons (Fsp3) is 0.450. The van der Waals surface area contributed by atoms with Crippen molar-refractivity contribution in [2.75, 3.05) is 13.1 Å². The molecule has 2 fully saturated rings. The van der Waals surface area contributed by atoms with E-state index in [4.69, 9.17) is 4.74 Å². The van der Waals surface area contributed by atoms with Crippen LogP contribution >= 0.6 is 0 Å². The van der Waals surface area contributed by atoms with Crippen LogP contribution in [0.15, 0.2) is 36.4 Å². The molecule has 2 aromatic rings. The molecule has 1 aromatic heterocycles. The van der Waals surface area contributed by atoms with E-state index in [2.05, 4.69) is 20.8 Å². The third-order valence-corrected chi connectivity index (χ3v) is 5.03. The summed E-state index contributed by atoms with van der Waals surface area (Å²) in [6, 6.07) is 11.1. The van der Waals surface area contributed by atoms with Crippen molar-refractivity contribution < 1.29 is 9.53 Å². The van der Waals surface area contributed by atoms with E-state index in [-0.39, 0.29) is 18.0 Å². The number of aromatic nitrogens is 2. The molecular formula is C20H25N5O2. The average molecular weight is 367 g/mol. The maximum atomic E-state index is 13.0. The van der Waals surface area contributed by atoms with Crippen LogP contribution in [0.5, 0.6) is 11.6 Å². The zero-order chi connectivity index (χ0) is 18.6. The molecule has 0 bridgehead atoms. The van der Waals surface area contributed by atoms with Gasteiger partial charge in [0.05, 0.1) is 6.04 Å². The number of piperidine rings is 1. The van der Waals surface area contributed by atoms with E-state index < -0.39 is 0 Å². The number of para-hydroxylation sites is 1. The number of hydrazine groups is 1. The number of likely N-dealkylation sites (tertiary alicyclic amines) is 1. The lowest BCUT2D eigenvalue weighted by Gasteiger charge is -2.36. The molecule has 3 heterocycles. The lowest BCUT2D eigenvalue weighted by molar-refractivity contribution is -0.137. The van der Waals surface area contributed by atoms with E-state index in [0.717, 1.165) is 50.2 Å². The minimum Gasteiger partial charge on any atom is -0.439 e. The second kappa shape index (κ2) is 8.02. The molecule has 1 amide bonds. The molecule has 27 heavy (non-hydrogen) atoms. The molecule has 7 nitrogen and oxygen atoms in total. The number of ether oxygens (including phenoxy) is 1. The van der Waals surface area contributed by atoms with Gasteiger partial charge in [0, 0.05) is 24.8 Å². The molecule has 4 rings (SSSR count). The Hall–Kier alpha value is -2.51. The van der Waals surface area contributed by atoms with Gasteiger partial charge in [0.25, 0.3) is 0 Å². The van der Waals surface area contributed by atoms with E-state index in [0.29, 0.717) is 11.7 Å². The van der Waals surface area contributed by atoms with Crippen LogP contribution in [0.4, 0.5) is 0 Å². The summed E-state index contributed by atoms with van der Waals surface area (Å²) in [5.41, 5.74) is 6.96. The first kappa shape index (κ1) is 17.9. The highest BCUT2D eigenvalue weighted by Crippen LogP contribution is 2.31. The summed E-state index contributed by atoms with van der Waals surface area (Å²) >= 11 is 0. The third-order valence-electron chi connectivity index (χ3n) is 5.03. The Balaban J connectivity index is 1.59. The lowest BCUT2D eigenvalue weighted by Crippen LogP contribution is -2.48. The Morgan fingerprint density at radius 2 is 2.04 bits per heavy atom. The van der Waals surface area contributed by atoms with E-state index in [9.17, 15) is 4.79 Å². The Labute approximate surface area is 159 Å². The number of rotatable bonds is 4. The van der Waals surface area contributed by atoms with Crippen LogP contribution in [-0.2, 0) is 4.79 Å². The van der Waals surface area contributed by atoms with E-state index in [1.54, 1.807) is 0 Å². The predicted molar refractivity (Wildman–Crippen MR) is 101 cm³/mol. The fourth-order valence-corrected chi connectivity index (χ4v) is 3.71. The van der Waals surface area contributed by atoms with Crippen molar-refractivity contribution in [3.8, 4) is 11.6 Å². The van der Waals surface area contributed by atoms with Crippen LogP contribution in [0.1, 0.15) is 43.2 Å². The summed E-state index contributed by atoms with van der Waals surface area (Å²) in [6.45, 7) is 3.49. The van der Waals surface area contributed by atoms with Gasteiger partial charge >= 0.3 is 0 Å². The van der Waals surface area contributed by atoms with Crippen molar-refractivity contribution in [1.29, 1.82) is 0 Å². The van der Waals surface area contributed by atoms with Crippen molar-refractivity contribution in [2.45, 2.75) is 44.7 Å². The van der Waals surface area contributed by atoms with Gasteiger partial charge in [-0.25, -0.2) is 10.4 Å². The zero-order valence-electron chi connectivity index (χ0n) is 15.5. The van der Waals surface area contributed by atoms with Crippen molar-refractivity contribution >= 4 is 5.91 Å². The zero-order valence-corrected chi connectivity index (χ0v) is 15.5. The number of amides is 1. The van der Waals surface area contributed by atoms with Gasteiger partial charge in [-0.2, -0.15) is 4.98 Å². The smallest absolute Gasteiger partial charge is 0.241 e. The Bertz CT molecular complexity index is 792. The second-order valence-corrected chi connectivity index (χ2v) is 7.08. The van der Waals surface area contributed by atoms with E-state index in [1.165, 1.54) is 0 Å². The molecule has 2 atom stereocenters. The van der Waals surface area contributed by atoms with Gasteiger partial charge in [-0.1, -0.05) is 18.2 Å². The van der Waals surface area contributed by atoms with Crippen LogP contribution in [0.3, 0.4) is 0 Å². The predicted octanol–water partition coefficient (Wildman–Crippen LogP) is 2.50. The Kier molecular flexibility index (Phi) is 5.31. The minimum atomic E-state index is -0.171. The highest BCUT2D eigenvalue weighted by molar-refractivity contribution is 5.82. The molecule has 7 heteroatoms. The van der Waals surface area contributed by atoms with Gasteiger partial charge < -0.3 is 9.64 Å². The molecule has 0 radical (unpaired) electrons. The largest absolute Gasteiger partial charge is 0.439 e. The van der Waals surface area contributed by atoms with Crippen molar-refractivity contribution in [2.24, 2.45) is 0 Å². The third kappa shape index (κ3) is 4.09.